The van der Waals surface area contributed by atoms with Gasteiger partial charge >= 0.3 is 0 Å². The highest BCUT2D eigenvalue weighted by Gasteiger charge is 2.45. The lowest BCUT2D eigenvalue weighted by Crippen LogP contribution is -2.60. The van der Waals surface area contributed by atoms with Crippen LogP contribution in [-0.4, -0.2) is 11.3 Å². The number of aromatic nitrogens is 1. The fourth-order valence-electron chi connectivity index (χ4n) is 6.28. The minimum Gasteiger partial charge on any atom is -0.468 e. The highest BCUT2D eigenvalue weighted by molar-refractivity contribution is 6.99. The molecule has 4 heteroatoms. The summed E-state index contributed by atoms with van der Waals surface area (Å²) in [6.07, 6.45) is 0. The van der Waals surface area contributed by atoms with Crippen molar-refractivity contribution in [1.29, 1.82) is 0 Å². The van der Waals surface area contributed by atoms with E-state index >= 15 is 0 Å². The van der Waals surface area contributed by atoms with Gasteiger partial charge in [-0.1, -0.05) is 54.6 Å². The summed E-state index contributed by atoms with van der Waals surface area (Å²) in [4.78, 5) is 2.40. The topological polar surface area (TPSA) is 21.3 Å². The third-order valence-electron chi connectivity index (χ3n) is 7.81. The monoisotopic (exact) mass is 436 g/mol. The summed E-state index contributed by atoms with van der Waals surface area (Å²) in [5.41, 5.74) is 13.3. The van der Waals surface area contributed by atoms with Gasteiger partial charge in [0, 0.05) is 39.0 Å². The molecule has 34 heavy (non-hydrogen) atoms. The molecule has 0 bridgehead atoms. The molecule has 0 spiro atoms. The summed E-state index contributed by atoms with van der Waals surface area (Å²) in [5, 5.41) is 2.48. The first-order valence-electron chi connectivity index (χ1n) is 11.8. The Hall–Kier alpha value is -4.18. The van der Waals surface area contributed by atoms with E-state index in [-0.39, 0.29) is 6.71 Å². The molecular formula is C30H21BN2O. The van der Waals surface area contributed by atoms with Gasteiger partial charge in [0.25, 0.3) is 6.71 Å². The third kappa shape index (κ3) is 2.05. The van der Waals surface area contributed by atoms with E-state index in [1.807, 2.05) is 0 Å². The highest BCUT2D eigenvalue weighted by Crippen LogP contribution is 2.43. The molecule has 2 aliphatic heterocycles. The number of furan rings is 1. The van der Waals surface area contributed by atoms with Crippen LogP contribution in [0.1, 0.15) is 11.3 Å². The summed E-state index contributed by atoms with van der Waals surface area (Å²) in [7, 11) is 0. The molecule has 0 unspecified atom stereocenters. The number of hydrogen-bond donors (Lipinski definition) is 0. The van der Waals surface area contributed by atoms with E-state index in [4.69, 9.17) is 4.42 Å². The lowest BCUT2D eigenvalue weighted by molar-refractivity contribution is 0.651. The van der Waals surface area contributed by atoms with Gasteiger partial charge in [-0.2, -0.15) is 0 Å². The number of rotatable bonds is 1. The molecule has 0 saturated carbocycles. The summed E-state index contributed by atoms with van der Waals surface area (Å²) < 4.78 is 9.19. The van der Waals surface area contributed by atoms with Crippen LogP contribution in [0.4, 0.5) is 17.1 Å². The number of para-hydroxylation sites is 3. The Balaban J connectivity index is 1.59. The van der Waals surface area contributed by atoms with E-state index in [9.17, 15) is 0 Å². The van der Waals surface area contributed by atoms with E-state index in [0.29, 0.717) is 0 Å². The highest BCUT2D eigenvalue weighted by atomic mass is 16.3. The molecule has 160 valence electrons. The van der Waals surface area contributed by atoms with Crippen LogP contribution < -0.4 is 21.5 Å². The van der Waals surface area contributed by atoms with Gasteiger partial charge in [-0.15, -0.1) is 0 Å². The largest absolute Gasteiger partial charge is 0.468 e. The smallest absolute Gasteiger partial charge is 0.297 e. The number of aryl methyl sites for hydroxylation is 1. The van der Waals surface area contributed by atoms with Gasteiger partial charge in [0.1, 0.15) is 5.58 Å². The standard InChI is InChI=1S/C30H21BN2O/c1-18-19(2)32-24-15-9-16-25-27(24)31(23-14-8-13-21(18)28(23)32)30-29(22-12-6-7-17-26(22)34-30)33(25)20-10-4-3-5-11-20/h3-17H,1-2H3. The molecule has 3 nitrogen and oxygen atoms in total. The second-order valence-electron chi connectivity index (χ2n) is 9.41. The van der Waals surface area contributed by atoms with Crippen molar-refractivity contribution in [3.8, 4) is 5.69 Å². The van der Waals surface area contributed by atoms with Crippen molar-refractivity contribution in [2.75, 3.05) is 4.90 Å². The maximum absolute atomic E-state index is 6.72. The molecule has 0 saturated heterocycles. The predicted molar refractivity (Wildman–Crippen MR) is 142 cm³/mol. The first-order chi connectivity index (χ1) is 16.7. The van der Waals surface area contributed by atoms with Crippen molar-refractivity contribution in [3.63, 3.8) is 0 Å². The van der Waals surface area contributed by atoms with E-state index in [2.05, 4.69) is 114 Å². The second kappa shape index (κ2) is 6.24. The Morgan fingerprint density at radius 1 is 0.706 bits per heavy atom. The van der Waals surface area contributed by atoms with Gasteiger partial charge in [0.15, 0.2) is 0 Å². The number of hydrogen-bond acceptors (Lipinski definition) is 2. The molecule has 0 atom stereocenters. The maximum atomic E-state index is 6.72. The summed E-state index contributed by atoms with van der Waals surface area (Å²) in [5.74, 6) is 0. The van der Waals surface area contributed by atoms with Crippen molar-refractivity contribution in [3.05, 3.63) is 102 Å². The SMILES string of the molecule is Cc1c(C)n2c3c(cccc13)B1c3oc4ccccc4c3N(c3ccccc3)c3cccc-2c31. The van der Waals surface area contributed by atoms with Crippen molar-refractivity contribution in [2.45, 2.75) is 13.8 Å². The summed E-state index contributed by atoms with van der Waals surface area (Å²) >= 11 is 0. The van der Waals surface area contributed by atoms with E-state index < -0.39 is 0 Å². The first kappa shape index (κ1) is 18.3. The maximum Gasteiger partial charge on any atom is 0.297 e. The lowest BCUT2D eigenvalue weighted by atomic mass is 9.36. The molecule has 0 amide bonds. The van der Waals surface area contributed by atoms with Crippen LogP contribution in [-0.2, 0) is 0 Å². The Kier molecular flexibility index (Phi) is 3.35. The minimum absolute atomic E-state index is 0.0541. The van der Waals surface area contributed by atoms with Crippen LogP contribution in [0, 0.1) is 13.8 Å². The molecule has 4 heterocycles. The molecule has 4 aromatic carbocycles. The van der Waals surface area contributed by atoms with Gasteiger partial charge in [0.05, 0.1) is 11.3 Å². The zero-order valence-corrected chi connectivity index (χ0v) is 19.0. The van der Waals surface area contributed by atoms with Crippen LogP contribution in [0.2, 0.25) is 0 Å². The normalized spacial score (nSPS) is 13.5. The minimum atomic E-state index is 0.0541. The van der Waals surface area contributed by atoms with Crippen molar-refractivity contribution >= 4 is 62.2 Å². The second-order valence-corrected chi connectivity index (χ2v) is 9.41. The molecule has 0 aliphatic carbocycles. The predicted octanol–water partition coefficient (Wildman–Crippen LogP) is 5.61. The van der Waals surface area contributed by atoms with Crippen LogP contribution in [0.3, 0.4) is 0 Å². The van der Waals surface area contributed by atoms with Gasteiger partial charge in [-0.25, -0.2) is 0 Å². The van der Waals surface area contributed by atoms with Gasteiger partial charge in [0.2, 0.25) is 0 Å². The van der Waals surface area contributed by atoms with Crippen molar-refractivity contribution < 1.29 is 4.42 Å². The fraction of sp³-hybridized carbons (Fsp3) is 0.0667. The van der Waals surface area contributed by atoms with Crippen LogP contribution in [0.25, 0.3) is 27.6 Å². The van der Waals surface area contributed by atoms with Crippen LogP contribution in [0.5, 0.6) is 0 Å². The molecule has 0 fully saturated rings. The van der Waals surface area contributed by atoms with Crippen molar-refractivity contribution in [1.82, 2.24) is 4.57 Å². The fourth-order valence-corrected chi connectivity index (χ4v) is 6.28. The summed E-state index contributed by atoms with van der Waals surface area (Å²) in [6, 6.07) is 32.6. The molecule has 0 N–H and O–H groups in total. The van der Waals surface area contributed by atoms with Crippen molar-refractivity contribution in [2.24, 2.45) is 0 Å². The molecule has 8 rings (SSSR count). The third-order valence-corrected chi connectivity index (χ3v) is 7.81. The van der Waals surface area contributed by atoms with E-state index in [0.717, 1.165) is 28.0 Å². The summed E-state index contributed by atoms with van der Waals surface area (Å²) in [6.45, 7) is 4.53. The number of nitrogens with zero attached hydrogens (tertiary/aromatic N) is 2. The molecule has 6 aromatic rings. The number of benzene rings is 4. The van der Waals surface area contributed by atoms with Crippen LogP contribution >= 0.6 is 0 Å². The average molecular weight is 436 g/mol. The quantitative estimate of drug-likeness (QED) is 0.312. The zero-order valence-electron chi connectivity index (χ0n) is 19.0. The Bertz CT molecular complexity index is 1790. The van der Waals surface area contributed by atoms with Gasteiger partial charge in [-0.05, 0) is 66.7 Å². The van der Waals surface area contributed by atoms with Gasteiger partial charge in [-0.3, -0.25) is 0 Å². The average Bonchev–Trinajstić information content (AvgIpc) is 3.38. The van der Waals surface area contributed by atoms with E-state index in [1.165, 1.54) is 44.5 Å². The first-order valence-corrected chi connectivity index (χ1v) is 11.8. The molecule has 0 radical (unpaired) electrons. The van der Waals surface area contributed by atoms with Crippen LogP contribution in [0.15, 0.2) is 95.4 Å². The Morgan fingerprint density at radius 3 is 2.32 bits per heavy atom. The Morgan fingerprint density at radius 2 is 1.44 bits per heavy atom. The van der Waals surface area contributed by atoms with E-state index in [1.54, 1.807) is 0 Å². The van der Waals surface area contributed by atoms with Gasteiger partial charge < -0.3 is 13.9 Å². The number of anilines is 3. The lowest BCUT2D eigenvalue weighted by Gasteiger charge is -2.38. The number of fused-ring (bicyclic) bond motifs is 6. The Labute approximate surface area is 197 Å². The molecule has 2 aromatic heterocycles. The zero-order chi connectivity index (χ0) is 22.6. The molecular weight excluding hydrogens is 415 g/mol. The molecule has 2 aliphatic rings.